The molecule has 0 spiro atoms. The van der Waals surface area contributed by atoms with Gasteiger partial charge in [0.2, 0.25) is 0 Å². The first-order valence-corrected chi connectivity index (χ1v) is 7.70. The fraction of sp³-hybridized carbons (Fsp3) is 0.294. The van der Waals surface area contributed by atoms with Gasteiger partial charge in [0.15, 0.2) is 0 Å². The lowest BCUT2D eigenvalue weighted by molar-refractivity contribution is 0.412. The molecule has 3 N–H and O–H groups in total. The minimum atomic E-state index is 0.0893. The van der Waals surface area contributed by atoms with Crippen molar-refractivity contribution in [3.8, 4) is 5.75 Å². The highest BCUT2D eigenvalue weighted by Gasteiger charge is 2.16. The lowest BCUT2D eigenvalue weighted by Gasteiger charge is -2.21. The van der Waals surface area contributed by atoms with Crippen molar-refractivity contribution in [3.63, 3.8) is 0 Å². The Balaban J connectivity index is 2.29. The van der Waals surface area contributed by atoms with E-state index < -0.39 is 0 Å². The maximum atomic E-state index is 5.80. The summed E-state index contributed by atoms with van der Waals surface area (Å²) in [5, 5.41) is 0. The van der Waals surface area contributed by atoms with Crippen molar-refractivity contribution >= 4 is 15.9 Å². The average Bonchev–Trinajstić information content (AvgIpc) is 2.46. The molecular formula is C17H21BrN2O. The summed E-state index contributed by atoms with van der Waals surface area (Å²) in [6.07, 6.45) is 0.824. The Hall–Kier alpha value is -1.36. The molecule has 3 nitrogen and oxygen atoms in total. The molecule has 0 amide bonds. The van der Waals surface area contributed by atoms with Gasteiger partial charge in [-0.1, -0.05) is 24.3 Å². The third-order valence-corrected chi connectivity index (χ3v) is 4.37. The monoisotopic (exact) mass is 348 g/mol. The molecule has 2 aromatic rings. The molecule has 0 saturated carbocycles. The largest absolute Gasteiger partial charge is 0.496 e. The van der Waals surface area contributed by atoms with E-state index in [9.17, 15) is 0 Å². The van der Waals surface area contributed by atoms with Crippen LogP contribution in [0.25, 0.3) is 0 Å². The lowest BCUT2D eigenvalue weighted by Crippen LogP contribution is -2.30. The Morgan fingerprint density at radius 1 is 1.19 bits per heavy atom. The minimum Gasteiger partial charge on any atom is -0.496 e. The fourth-order valence-corrected chi connectivity index (χ4v) is 3.28. The number of hydrogen-bond donors (Lipinski definition) is 2. The smallest absolute Gasteiger partial charge is 0.133 e. The van der Waals surface area contributed by atoms with Gasteiger partial charge in [-0.05, 0) is 70.6 Å². The second kappa shape index (κ2) is 7.07. The molecule has 112 valence electrons. The SMILES string of the molecule is COc1ccc(CC(NN)c2c(C)cccc2C)cc1Br. The first-order chi connectivity index (χ1) is 10.1. The van der Waals surface area contributed by atoms with E-state index in [0.717, 1.165) is 16.6 Å². The van der Waals surface area contributed by atoms with Crippen LogP contribution < -0.4 is 16.0 Å². The molecular weight excluding hydrogens is 328 g/mol. The molecule has 0 fully saturated rings. The van der Waals surface area contributed by atoms with Gasteiger partial charge in [-0.3, -0.25) is 11.3 Å². The average molecular weight is 349 g/mol. The summed E-state index contributed by atoms with van der Waals surface area (Å²) in [6, 6.07) is 12.5. The number of aryl methyl sites for hydroxylation is 2. The number of methoxy groups -OCH3 is 1. The third-order valence-electron chi connectivity index (χ3n) is 3.75. The second-order valence-corrected chi connectivity index (χ2v) is 6.05. The normalized spacial score (nSPS) is 12.2. The van der Waals surface area contributed by atoms with Crippen molar-refractivity contribution in [2.75, 3.05) is 7.11 Å². The van der Waals surface area contributed by atoms with Crippen LogP contribution in [-0.4, -0.2) is 7.11 Å². The molecule has 0 aliphatic carbocycles. The van der Waals surface area contributed by atoms with Gasteiger partial charge in [0.05, 0.1) is 17.6 Å². The fourth-order valence-electron chi connectivity index (χ4n) is 2.69. The van der Waals surface area contributed by atoms with Gasteiger partial charge < -0.3 is 4.74 Å². The zero-order valence-electron chi connectivity index (χ0n) is 12.6. The summed E-state index contributed by atoms with van der Waals surface area (Å²) in [5.41, 5.74) is 7.93. The van der Waals surface area contributed by atoms with Gasteiger partial charge in [0.1, 0.15) is 5.75 Å². The van der Waals surface area contributed by atoms with Crippen LogP contribution in [0.15, 0.2) is 40.9 Å². The van der Waals surface area contributed by atoms with E-state index in [2.05, 4.69) is 65.5 Å². The molecule has 1 atom stereocenters. The Labute approximate surface area is 134 Å². The van der Waals surface area contributed by atoms with Crippen LogP contribution in [0.4, 0.5) is 0 Å². The topological polar surface area (TPSA) is 47.3 Å². The lowest BCUT2D eigenvalue weighted by atomic mass is 9.92. The number of hydrogen-bond acceptors (Lipinski definition) is 3. The number of hydrazine groups is 1. The third kappa shape index (κ3) is 3.64. The van der Waals surface area contributed by atoms with Crippen LogP contribution in [0.3, 0.4) is 0 Å². The molecule has 0 radical (unpaired) electrons. The zero-order chi connectivity index (χ0) is 15.4. The molecule has 0 saturated heterocycles. The predicted molar refractivity (Wildman–Crippen MR) is 90.4 cm³/mol. The van der Waals surface area contributed by atoms with E-state index in [1.165, 1.54) is 22.3 Å². The molecule has 0 aromatic heterocycles. The Bertz CT molecular complexity index is 608. The molecule has 4 heteroatoms. The number of rotatable bonds is 5. The van der Waals surface area contributed by atoms with Crippen molar-refractivity contribution in [1.82, 2.24) is 5.43 Å². The molecule has 0 bridgehead atoms. The quantitative estimate of drug-likeness (QED) is 0.637. The summed E-state index contributed by atoms with van der Waals surface area (Å²) in [4.78, 5) is 0. The molecule has 0 aliphatic rings. The number of benzene rings is 2. The molecule has 21 heavy (non-hydrogen) atoms. The Morgan fingerprint density at radius 3 is 2.38 bits per heavy atom. The van der Waals surface area contributed by atoms with E-state index >= 15 is 0 Å². The van der Waals surface area contributed by atoms with Crippen molar-refractivity contribution < 1.29 is 4.74 Å². The van der Waals surface area contributed by atoms with Crippen LogP contribution in [0.1, 0.15) is 28.3 Å². The first kappa shape index (κ1) is 16.0. The van der Waals surface area contributed by atoms with E-state index in [1.807, 2.05) is 6.07 Å². The first-order valence-electron chi connectivity index (χ1n) is 6.91. The summed E-state index contributed by atoms with van der Waals surface area (Å²) in [6.45, 7) is 4.24. The summed E-state index contributed by atoms with van der Waals surface area (Å²) < 4.78 is 6.23. The summed E-state index contributed by atoms with van der Waals surface area (Å²) in [7, 11) is 1.67. The summed E-state index contributed by atoms with van der Waals surface area (Å²) >= 11 is 3.53. The Kier molecular flexibility index (Phi) is 5.39. The van der Waals surface area contributed by atoms with Crippen LogP contribution in [0.2, 0.25) is 0 Å². The van der Waals surface area contributed by atoms with Gasteiger partial charge >= 0.3 is 0 Å². The van der Waals surface area contributed by atoms with Gasteiger partial charge in [0, 0.05) is 0 Å². The standard InChI is InChI=1S/C17H21BrN2O/c1-11-5-4-6-12(2)17(11)15(20-19)10-13-7-8-16(21-3)14(18)9-13/h4-9,15,20H,10,19H2,1-3H3. The zero-order valence-corrected chi connectivity index (χ0v) is 14.2. The highest BCUT2D eigenvalue weighted by atomic mass is 79.9. The van der Waals surface area contributed by atoms with Gasteiger partial charge in [0.25, 0.3) is 0 Å². The number of halogens is 1. The highest BCUT2D eigenvalue weighted by Crippen LogP contribution is 2.29. The molecule has 2 aromatic carbocycles. The molecule has 2 rings (SSSR count). The Morgan fingerprint density at radius 2 is 1.86 bits per heavy atom. The van der Waals surface area contributed by atoms with Crippen LogP contribution >= 0.6 is 15.9 Å². The second-order valence-electron chi connectivity index (χ2n) is 5.20. The van der Waals surface area contributed by atoms with E-state index in [1.54, 1.807) is 7.11 Å². The van der Waals surface area contributed by atoms with Crippen molar-refractivity contribution in [1.29, 1.82) is 0 Å². The van der Waals surface area contributed by atoms with Crippen molar-refractivity contribution in [2.45, 2.75) is 26.3 Å². The van der Waals surface area contributed by atoms with Crippen LogP contribution in [0, 0.1) is 13.8 Å². The molecule has 0 aliphatic heterocycles. The number of nitrogens with two attached hydrogens (primary N) is 1. The van der Waals surface area contributed by atoms with Crippen LogP contribution in [-0.2, 0) is 6.42 Å². The molecule has 0 heterocycles. The maximum absolute atomic E-state index is 5.80. The van der Waals surface area contributed by atoms with E-state index in [-0.39, 0.29) is 6.04 Å². The predicted octanol–water partition coefficient (Wildman–Crippen LogP) is 3.82. The van der Waals surface area contributed by atoms with Gasteiger partial charge in [-0.15, -0.1) is 0 Å². The summed E-state index contributed by atoms with van der Waals surface area (Å²) in [5.74, 6) is 6.63. The minimum absolute atomic E-state index is 0.0893. The molecule has 1 unspecified atom stereocenters. The highest BCUT2D eigenvalue weighted by molar-refractivity contribution is 9.10. The maximum Gasteiger partial charge on any atom is 0.133 e. The van der Waals surface area contributed by atoms with Gasteiger partial charge in [-0.2, -0.15) is 0 Å². The van der Waals surface area contributed by atoms with Crippen molar-refractivity contribution in [2.24, 2.45) is 5.84 Å². The number of nitrogens with one attached hydrogen (secondary N) is 1. The van der Waals surface area contributed by atoms with E-state index in [0.29, 0.717) is 0 Å². The number of ether oxygens (including phenoxy) is 1. The van der Waals surface area contributed by atoms with E-state index in [4.69, 9.17) is 10.6 Å². The van der Waals surface area contributed by atoms with Crippen molar-refractivity contribution in [3.05, 3.63) is 63.1 Å². The van der Waals surface area contributed by atoms with Gasteiger partial charge in [-0.25, -0.2) is 0 Å². The van der Waals surface area contributed by atoms with Crippen LogP contribution in [0.5, 0.6) is 5.75 Å².